The van der Waals surface area contributed by atoms with E-state index in [1.54, 1.807) is 0 Å². The minimum Gasteiger partial charge on any atom is -0.473 e. The van der Waals surface area contributed by atoms with Crippen molar-refractivity contribution >= 4 is 23.9 Å². The zero-order chi connectivity index (χ0) is 30.9. The summed E-state index contributed by atoms with van der Waals surface area (Å²) in [4.78, 5) is 44.9. The second kappa shape index (κ2) is 13.5. The molecule has 2 aliphatic carbocycles. The number of fused-ring (bicyclic) bond motifs is 1. The lowest BCUT2D eigenvalue weighted by Gasteiger charge is -2.48. The first-order chi connectivity index (χ1) is 19.8. The largest absolute Gasteiger partial charge is 0.473 e. The van der Waals surface area contributed by atoms with E-state index in [0.717, 1.165) is 0 Å². The number of rotatable bonds is 5. The molecule has 9 N–H and O–H groups in total. The molecule has 4 rings (SSSR count). The van der Waals surface area contributed by atoms with Crippen LogP contribution in [0.5, 0.6) is 0 Å². The minimum atomic E-state index is -2.13. The summed E-state index contributed by atoms with van der Waals surface area (Å²) < 4.78 is 24.9. The molecule has 9 unspecified atom stereocenters. The van der Waals surface area contributed by atoms with Crippen molar-refractivity contribution in [2.45, 2.75) is 112 Å². The van der Waals surface area contributed by atoms with Gasteiger partial charge in [-0.3, -0.25) is 0 Å². The molecule has 17 heteroatoms. The van der Waals surface area contributed by atoms with Gasteiger partial charge in [0, 0.05) is 18.8 Å². The van der Waals surface area contributed by atoms with Crippen LogP contribution in [0.2, 0.25) is 0 Å². The maximum absolute atomic E-state index is 11.8. The highest BCUT2D eigenvalue weighted by Crippen LogP contribution is 2.42. The van der Waals surface area contributed by atoms with Gasteiger partial charge in [0.1, 0.15) is 37.1 Å². The van der Waals surface area contributed by atoms with E-state index < -0.39 is 110 Å². The van der Waals surface area contributed by atoms with E-state index in [1.807, 2.05) is 0 Å². The molecule has 14 atom stereocenters. The van der Waals surface area contributed by atoms with Gasteiger partial charge in [-0.25, -0.2) is 19.2 Å². The molecule has 0 bridgehead atoms. The van der Waals surface area contributed by atoms with Gasteiger partial charge in [0.15, 0.2) is 18.5 Å². The molecule has 2 heterocycles. The highest BCUT2D eigenvalue weighted by molar-refractivity contribution is 6.38. The van der Waals surface area contributed by atoms with Crippen molar-refractivity contribution in [1.82, 2.24) is 0 Å². The fourth-order valence-electron chi connectivity index (χ4n) is 6.23. The van der Waals surface area contributed by atoms with E-state index in [4.69, 9.17) is 19.3 Å². The Bertz CT molecular complexity index is 1010. The van der Waals surface area contributed by atoms with Crippen molar-refractivity contribution in [3.63, 3.8) is 0 Å². The normalized spacial score (nSPS) is 44.0. The van der Waals surface area contributed by atoms with E-state index in [1.165, 1.54) is 0 Å². The van der Waals surface area contributed by atoms with Gasteiger partial charge >= 0.3 is 23.9 Å². The first kappa shape index (κ1) is 32.6. The molecule has 2 aliphatic heterocycles. The van der Waals surface area contributed by atoms with Gasteiger partial charge in [0.2, 0.25) is 0 Å². The molecule has 2 saturated heterocycles. The highest BCUT2D eigenvalue weighted by Gasteiger charge is 2.55. The summed E-state index contributed by atoms with van der Waals surface area (Å²) in [6, 6.07) is 0. The second-order valence-electron chi connectivity index (χ2n) is 11.3. The van der Waals surface area contributed by atoms with E-state index in [-0.39, 0.29) is 25.2 Å². The van der Waals surface area contributed by atoms with Crippen LogP contribution in [0, 0.1) is 11.8 Å². The summed E-state index contributed by atoms with van der Waals surface area (Å²) in [6.45, 7) is -0.896. The maximum atomic E-state index is 11.8. The molecule has 0 aromatic heterocycles. The molecule has 0 amide bonds. The SMILES string of the molecule is O=C(O)C(=O)OC(=O)C(=O)OC[C@H]1O[C@@H](OC2CC3C(O)CC(O)CC3[OH+]C2C2CCC(O)C(O)C2)[C@H](O)[C@@H](O)[C@@H]1O. The summed E-state index contributed by atoms with van der Waals surface area (Å²) in [5.74, 6) is -8.58. The zero-order valence-electron chi connectivity index (χ0n) is 22.3. The lowest BCUT2D eigenvalue weighted by molar-refractivity contribution is -0.356. The Kier molecular flexibility index (Phi) is 10.5. The van der Waals surface area contributed by atoms with Crippen molar-refractivity contribution in [1.29, 1.82) is 0 Å². The molecule has 42 heavy (non-hydrogen) atoms. The van der Waals surface area contributed by atoms with Crippen LogP contribution in [0.1, 0.15) is 38.5 Å². The number of aliphatic carboxylic acids is 1. The van der Waals surface area contributed by atoms with Gasteiger partial charge in [-0.05, 0) is 25.7 Å². The molecule has 0 spiro atoms. The molecular weight excluding hydrogens is 572 g/mol. The second-order valence-corrected chi connectivity index (χ2v) is 11.3. The quantitative estimate of drug-likeness (QED) is 0.0628. The number of hydrogen-bond acceptors (Lipinski definition) is 15. The van der Waals surface area contributed by atoms with Gasteiger partial charge in [-0.15, -0.1) is 0 Å². The van der Waals surface area contributed by atoms with Gasteiger partial charge in [0.25, 0.3) is 0 Å². The topological polar surface area (TPSA) is 280 Å². The number of carbonyl (C=O) groups excluding carboxylic acids is 3. The standard InChI is InChI=1S/C25H36O17/c26-9-4-12(28)10-6-15(20(39-14(10)5-9)8-1-2-11(27)13(29)3-8)40-25-19(32)18(31)17(30)16(41-25)7-38-23(36)24(37)42-22(35)21(33)34/h8-20,25-32H,1-7H2,(H,33,34)/p+1/t8?,9?,10?,11?,12?,13?,14?,15?,16-,17-,18+,19-,20?,25-/m1/s1. The Morgan fingerprint density at radius 3 is 2.14 bits per heavy atom. The van der Waals surface area contributed by atoms with Crippen molar-refractivity contribution in [2.24, 2.45) is 11.8 Å². The van der Waals surface area contributed by atoms with Crippen LogP contribution in [0.4, 0.5) is 0 Å². The number of carbonyl (C=O) groups is 4. The molecule has 4 fully saturated rings. The van der Waals surface area contributed by atoms with Crippen molar-refractivity contribution in [2.75, 3.05) is 6.61 Å². The van der Waals surface area contributed by atoms with E-state index in [9.17, 15) is 54.9 Å². The van der Waals surface area contributed by atoms with Crippen LogP contribution in [0.3, 0.4) is 0 Å². The van der Waals surface area contributed by atoms with Gasteiger partial charge < -0.3 is 64.5 Å². The number of carboxylic acids is 1. The Hall–Kier alpha value is -2.32. The Morgan fingerprint density at radius 2 is 1.48 bits per heavy atom. The molecule has 2 saturated carbocycles. The zero-order valence-corrected chi connectivity index (χ0v) is 22.3. The molecule has 0 radical (unpaired) electrons. The smallest absolute Gasteiger partial charge is 0.425 e. The monoisotopic (exact) mass is 609 g/mol. The molecule has 0 aromatic carbocycles. The number of ether oxygens (including phenoxy) is 5. The number of hydrogen-bond donors (Lipinski definition) is 8. The van der Waals surface area contributed by atoms with Crippen LogP contribution in [0.15, 0.2) is 0 Å². The summed E-state index contributed by atoms with van der Waals surface area (Å²) in [6.07, 6.45) is -12.6. The Balaban J connectivity index is 1.46. The van der Waals surface area contributed by atoms with E-state index in [0.29, 0.717) is 19.3 Å². The van der Waals surface area contributed by atoms with Crippen LogP contribution >= 0.6 is 0 Å². The molecular formula is C25H37O17+. The minimum absolute atomic E-state index is 0.129. The van der Waals surface area contributed by atoms with Crippen LogP contribution in [-0.2, 0) is 38.1 Å². The van der Waals surface area contributed by atoms with Crippen LogP contribution < -0.4 is 0 Å². The number of aliphatic hydroxyl groups is 9. The average Bonchev–Trinajstić information content (AvgIpc) is 2.93. The third-order valence-corrected chi connectivity index (χ3v) is 8.45. The third-order valence-electron chi connectivity index (χ3n) is 8.45. The number of esters is 3. The van der Waals surface area contributed by atoms with Gasteiger partial charge in [0.05, 0.1) is 30.3 Å². The average molecular weight is 610 g/mol. The fourth-order valence-corrected chi connectivity index (χ4v) is 6.23. The Labute approximate surface area is 238 Å². The summed E-state index contributed by atoms with van der Waals surface area (Å²) in [5, 5.41) is 81.1. The summed E-state index contributed by atoms with van der Waals surface area (Å²) >= 11 is 0. The molecule has 17 nitrogen and oxygen atoms in total. The fraction of sp³-hybridized carbons (Fsp3) is 0.840. The van der Waals surface area contributed by atoms with E-state index >= 15 is 0 Å². The number of aliphatic hydroxyl groups excluding tert-OH is 7. The van der Waals surface area contributed by atoms with Crippen LogP contribution in [0.25, 0.3) is 0 Å². The van der Waals surface area contributed by atoms with Gasteiger partial charge in [-0.2, -0.15) is 0 Å². The van der Waals surface area contributed by atoms with Gasteiger partial charge in [-0.1, -0.05) is 0 Å². The molecule has 0 aromatic rings. The molecule has 238 valence electrons. The van der Waals surface area contributed by atoms with Crippen LogP contribution in [-0.4, -0.2) is 150 Å². The lowest BCUT2D eigenvalue weighted by atomic mass is 9.72. The molecule has 4 aliphatic rings. The highest BCUT2D eigenvalue weighted by atomic mass is 16.7. The Morgan fingerprint density at radius 1 is 0.762 bits per heavy atom. The number of carboxylic acid groups (broad SMARTS) is 1. The third kappa shape index (κ3) is 7.24. The first-order valence-corrected chi connectivity index (χ1v) is 13.7. The first-order valence-electron chi connectivity index (χ1n) is 13.7. The maximum Gasteiger partial charge on any atom is 0.425 e. The predicted octanol–water partition coefficient (Wildman–Crippen LogP) is -4.80. The van der Waals surface area contributed by atoms with E-state index in [2.05, 4.69) is 9.47 Å². The van der Waals surface area contributed by atoms with Crippen molar-refractivity contribution in [3.8, 4) is 0 Å². The lowest BCUT2D eigenvalue weighted by Crippen LogP contribution is -2.63. The van der Waals surface area contributed by atoms with Crippen molar-refractivity contribution < 1.29 is 83.7 Å². The summed E-state index contributed by atoms with van der Waals surface area (Å²) in [7, 11) is 0. The van der Waals surface area contributed by atoms with Crippen molar-refractivity contribution in [3.05, 3.63) is 0 Å². The predicted molar refractivity (Wildman–Crippen MR) is 130 cm³/mol. The summed E-state index contributed by atoms with van der Waals surface area (Å²) in [5.41, 5.74) is 0.